The van der Waals surface area contributed by atoms with Crippen LogP contribution in [0.25, 0.3) is 0 Å². The lowest BCUT2D eigenvalue weighted by Crippen LogP contribution is -2.40. The lowest BCUT2D eigenvalue weighted by molar-refractivity contribution is 0.405. The van der Waals surface area contributed by atoms with Gasteiger partial charge in [0.05, 0.1) is 5.41 Å². The van der Waals surface area contributed by atoms with Gasteiger partial charge in [0.25, 0.3) is 0 Å². The summed E-state index contributed by atoms with van der Waals surface area (Å²) in [6, 6.07) is 32.1. The molecule has 0 radical (unpaired) electrons. The van der Waals surface area contributed by atoms with Crippen molar-refractivity contribution in [2.75, 3.05) is 0 Å². The summed E-state index contributed by atoms with van der Waals surface area (Å²) in [6.07, 6.45) is 14.3. The van der Waals surface area contributed by atoms with Crippen LogP contribution < -0.4 is 0 Å². The highest BCUT2D eigenvalue weighted by atomic mass is 14.7. The Hall–Kier alpha value is -2.86. The molecule has 0 heterocycles. The minimum absolute atomic E-state index is 0.0829. The van der Waals surface area contributed by atoms with Gasteiger partial charge in [-0.05, 0) is 53.4 Å². The van der Waals surface area contributed by atoms with Crippen molar-refractivity contribution in [2.24, 2.45) is 11.3 Å². The van der Waals surface area contributed by atoms with Crippen LogP contribution in [-0.2, 0) is 5.41 Å². The van der Waals surface area contributed by atoms with Gasteiger partial charge in [0.15, 0.2) is 0 Å². The molecule has 0 aliphatic heterocycles. The van der Waals surface area contributed by atoms with Crippen molar-refractivity contribution in [3.05, 3.63) is 131 Å². The summed E-state index contributed by atoms with van der Waals surface area (Å²) in [5, 5.41) is 0. The van der Waals surface area contributed by atoms with Crippen molar-refractivity contribution in [3.63, 3.8) is 0 Å². The first-order valence-corrected chi connectivity index (χ1v) is 12.3. The van der Waals surface area contributed by atoms with E-state index in [2.05, 4.69) is 123 Å². The zero-order valence-electron chi connectivity index (χ0n) is 19.4. The van der Waals surface area contributed by atoms with Crippen molar-refractivity contribution in [2.45, 2.75) is 50.9 Å². The Balaban J connectivity index is 1.74. The van der Waals surface area contributed by atoms with Crippen molar-refractivity contribution in [1.29, 1.82) is 0 Å². The van der Waals surface area contributed by atoms with E-state index < -0.39 is 0 Å². The highest BCUT2D eigenvalue weighted by molar-refractivity contribution is 5.59. The van der Waals surface area contributed by atoms with Gasteiger partial charge < -0.3 is 0 Å². The van der Waals surface area contributed by atoms with E-state index in [0.717, 1.165) is 0 Å². The molecule has 3 aromatic carbocycles. The molecule has 2 aliphatic carbocycles. The first kappa shape index (κ1) is 21.0. The van der Waals surface area contributed by atoms with Gasteiger partial charge in [-0.15, -0.1) is 0 Å². The molecular formula is C32H34. The highest BCUT2D eigenvalue weighted by Gasteiger charge is 2.66. The third kappa shape index (κ3) is 3.20. The Labute approximate surface area is 193 Å². The summed E-state index contributed by atoms with van der Waals surface area (Å²) in [4.78, 5) is 0. The lowest BCUT2D eigenvalue weighted by Gasteiger charge is -2.43. The Morgan fingerprint density at radius 1 is 0.781 bits per heavy atom. The van der Waals surface area contributed by atoms with Gasteiger partial charge in [-0.2, -0.15) is 0 Å². The predicted molar refractivity (Wildman–Crippen MR) is 136 cm³/mol. The van der Waals surface area contributed by atoms with Gasteiger partial charge >= 0.3 is 0 Å². The van der Waals surface area contributed by atoms with E-state index in [0.29, 0.717) is 11.8 Å². The monoisotopic (exact) mass is 418 g/mol. The molecule has 1 fully saturated rings. The van der Waals surface area contributed by atoms with Crippen molar-refractivity contribution in [3.8, 4) is 0 Å². The zero-order valence-corrected chi connectivity index (χ0v) is 19.4. The highest BCUT2D eigenvalue weighted by Crippen LogP contribution is 2.70. The topological polar surface area (TPSA) is 0 Å². The molecule has 0 bridgehead atoms. The molecule has 0 aromatic heterocycles. The van der Waals surface area contributed by atoms with Crippen LogP contribution in [0, 0.1) is 11.3 Å². The lowest BCUT2D eigenvalue weighted by atomic mass is 9.58. The fourth-order valence-electron chi connectivity index (χ4n) is 6.36. The predicted octanol–water partition coefficient (Wildman–Crippen LogP) is 8.45. The van der Waals surface area contributed by atoms with Crippen LogP contribution in [0.4, 0.5) is 0 Å². The number of rotatable bonds is 8. The zero-order chi connectivity index (χ0) is 22.0. The number of allylic oxidation sites excluding steroid dienone is 4. The van der Waals surface area contributed by atoms with Crippen LogP contribution in [0.15, 0.2) is 109 Å². The second-order valence-corrected chi connectivity index (χ2v) is 9.59. The van der Waals surface area contributed by atoms with Gasteiger partial charge in [-0.3, -0.25) is 0 Å². The van der Waals surface area contributed by atoms with Crippen LogP contribution >= 0.6 is 0 Å². The molecule has 162 valence electrons. The normalized spacial score (nSPS) is 22.4. The molecule has 1 saturated carbocycles. The largest absolute Gasteiger partial charge is 0.0805 e. The van der Waals surface area contributed by atoms with E-state index in [1.807, 2.05) is 0 Å². The molecule has 0 N–H and O–H groups in total. The van der Waals surface area contributed by atoms with E-state index in [9.17, 15) is 0 Å². The van der Waals surface area contributed by atoms with Gasteiger partial charge in [0, 0.05) is 5.41 Å². The summed E-state index contributed by atoms with van der Waals surface area (Å²) < 4.78 is 0. The van der Waals surface area contributed by atoms with Gasteiger partial charge in [-0.1, -0.05) is 130 Å². The molecule has 0 saturated heterocycles. The average molecular weight is 419 g/mol. The smallest absolute Gasteiger partial charge is 0.0547 e. The van der Waals surface area contributed by atoms with Gasteiger partial charge in [0.2, 0.25) is 0 Å². The molecule has 0 heteroatoms. The number of hydrogen-bond acceptors (Lipinski definition) is 0. The van der Waals surface area contributed by atoms with E-state index in [-0.39, 0.29) is 10.8 Å². The molecular weight excluding hydrogens is 384 g/mol. The minimum Gasteiger partial charge on any atom is -0.0805 e. The van der Waals surface area contributed by atoms with E-state index in [1.54, 1.807) is 0 Å². The number of benzene rings is 3. The van der Waals surface area contributed by atoms with Gasteiger partial charge in [0.1, 0.15) is 0 Å². The first-order chi connectivity index (χ1) is 15.8. The Kier molecular flexibility index (Phi) is 5.64. The Morgan fingerprint density at radius 2 is 1.38 bits per heavy atom. The maximum Gasteiger partial charge on any atom is 0.0547 e. The van der Waals surface area contributed by atoms with Crippen LogP contribution in [0.5, 0.6) is 0 Å². The van der Waals surface area contributed by atoms with Gasteiger partial charge in [-0.25, -0.2) is 0 Å². The maximum atomic E-state index is 2.50. The molecule has 5 rings (SSSR count). The summed E-state index contributed by atoms with van der Waals surface area (Å²) in [7, 11) is 0. The number of fused-ring (bicyclic) bond motifs is 1. The summed E-state index contributed by atoms with van der Waals surface area (Å²) in [5.41, 5.74) is 5.56. The summed E-state index contributed by atoms with van der Waals surface area (Å²) in [5.74, 6) is 1.23. The Morgan fingerprint density at radius 3 is 1.91 bits per heavy atom. The van der Waals surface area contributed by atoms with E-state index >= 15 is 0 Å². The van der Waals surface area contributed by atoms with Crippen LogP contribution in [-0.4, -0.2) is 0 Å². The van der Waals surface area contributed by atoms with E-state index in [4.69, 9.17) is 0 Å². The molecule has 0 amide bonds. The molecule has 32 heavy (non-hydrogen) atoms. The SMILES string of the molecule is CCCC(CC)c1ccc(C(c2ccccc2)(c2ccccc2)C23C=CC=CC2C3)cc1. The molecule has 0 nitrogen and oxygen atoms in total. The first-order valence-electron chi connectivity index (χ1n) is 12.3. The van der Waals surface area contributed by atoms with Crippen molar-refractivity contribution >= 4 is 0 Å². The van der Waals surface area contributed by atoms with Crippen molar-refractivity contribution in [1.82, 2.24) is 0 Å². The molecule has 3 atom stereocenters. The summed E-state index contributed by atoms with van der Waals surface area (Å²) in [6.45, 7) is 4.61. The quantitative estimate of drug-likeness (QED) is 0.322. The standard InChI is InChI=1S/C32H34/c1-3-13-25(4-2)26-19-21-29(22-20-26)32(27-14-7-5-8-15-27,28-16-9-6-10-17-28)31-23-12-11-18-30(31)24-31/h5-12,14-23,25,30H,3-4,13,24H2,1-2H3. The van der Waals surface area contributed by atoms with Crippen LogP contribution in [0.2, 0.25) is 0 Å². The summed E-state index contributed by atoms with van der Waals surface area (Å²) >= 11 is 0. The second-order valence-electron chi connectivity index (χ2n) is 9.59. The molecule has 3 aromatic rings. The Bertz CT molecular complexity index is 1050. The fourth-order valence-corrected chi connectivity index (χ4v) is 6.36. The van der Waals surface area contributed by atoms with Crippen molar-refractivity contribution < 1.29 is 0 Å². The molecule has 2 aliphatic rings. The van der Waals surface area contributed by atoms with Crippen LogP contribution in [0.1, 0.15) is 67.7 Å². The second kappa shape index (κ2) is 8.58. The number of hydrogen-bond donors (Lipinski definition) is 0. The fraction of sp³-hybridized carbons (Fsp3) is 0.312. The van der Waals surface area contributed by atoms with Crippen LogP contribution in [0.3, 0.4) is 0 Å². The average Bonchev–Trinajstić information content (AvgIpc) is 3.61. The maximum absolute atomic E-state index is 2.50. The molecule has 3 unspecified atom stereocenters. The third-order valence-corrected chi connectivity index (χ3v) is 7.96. The molecule has 0 spiro atoms. The van der Waals surface area contributed by atoms with E-state index in [1.165, 1.54) is 47.9 Å². The third-order valence-electron chi connectivity index (χ3n) is 7.96. The minimum atomic E-state index is -0.202.